The first-order valence-corrected chi connectivity index (χ1v) is 5.68. The van der Waals surface area contributed by atoms with E-state index in [0.717, 1.165) is 0 Å². The largest absolute Gasteiger partial charge is 0.490 e. The van der Waals surface area contributed by atoms with Crippen molar-refractivity contribution in [1.82, 2.24) is 0 Å². The van der Waals surface area contributed by atoms with Crippen molar-refractivity contribution in [3.05, 3.63) is 23.8 Å². The van der Waals surface area contributed by atoms with Gasteiger partial charge in [0, 0.05) is 12.0 Å². The number of rotatable bonds is 7. The van der Waals surface area contributed by atoms with Crippen LogP contribution in [0.5, 0.6) is 11.5 Å². The van der Waals surface area contributed by atoms with E-state index in [1.54, 1.807) is 6.07 Å². The topological polar surface area (TPSA) is 62.5 Å². The van der Waals surface area contributed by atoms with Crippen molar-refractivity contribution in [1.29, 1.82) is 5.26 Å². The van der Waals surface area contributed by atoms with Gasteiger partial charge in [0.05, 0.1) is 25.9 Å². The molecule has 0 heterocycles. The van der Waals surface area contributed by atoms with Gasteiger partial charge < -0.3 is 14.6 Å². The van der Waals surface area contributed by atoms with Crippen LogP contribution in [0.15, 0.2) is 18.2 Å². The van der Waals surface area contributed by atoms with E-state index in [-0.39, 0.29) is 6.61 Å². The number of unbranched alkanes of at least 4 members (excludes halogenated alkanes) is 1. The molecule has 0 saturated heterocycles. The van der Waals surface area contributed by atoms with Gasteiger partial charge in [-0.1, -0.05) is 12.1 Å². The summed E-state index contributed by atoms with van der Waals surface area (Å²) in [4.78, 5) is 0. The Kier molecular flexibility index (Phi) is 5.91. The van der Waals surface area contributed by atoms with Crippen LogP contribution in [0, 0.1) is 11.3 Å². The monoisotopic (exact) mass is 235 g/mol. The van der Waals surface area contributed by atoms with Crippen molar-refractivity contribution in [2.24, 2.45) is 0 Å². The number of aliphatic hydroxyl groups excluding tert-OH is 1. The molecule has 17 heavy (non-hydrogen) atoms. The Bertz CT molecular complexity index is 385. The number of ether oxygens (including phenoxy) is 2. The predicted molar refractivity (Wildman–Crippen MR) is 63.9 cm³/mol. The molecule has 0 aliphatic rings. The van der Waals surface area contributed by atoms with Crippen molar-refractivity contribution in [3.8, 4) is 17.6 Å². The quantitative estimate of drug-likeness (QED) is 0.736. The lowest BCUT2D eigenvalue weighted by molar-refractivity contribution is 0.247. The molecule has 0 amide bonds. The fourth-order valence-corrected chi connectivity index (χ4v) is 1.44. The minimum atomic E-state index is -0.0888. The lowest BCUT2D eigenvalue weighted by Gasteiger charge is -2.14. The first-order chi connectivity index (χ1) is 8.33. The summed E-state index contributed by atoms with van der Waals surface area (Å²) in [5, 5.41) is 17.7. The predicted octanol–water partition coefficient (Wildman–Crippen LogP) is 2.26. The molecule has 0 aromatic heterocycles. The number of hydrogen-bond donors (Lipinski definition) is 1. The minimum Gasteiger partial charge on any atom is -0.490 e. The zero-order chi connectivity index (χ0) is 12.5. The van der Waals surface area contributed by atoms with Gasteiger partial charge in [-0.25, -0.2) is 0 Å². The number of aliphatic hydroxyl groups is 1. The first-order valence-electron chi connectivity index (χ1n) is 5.68. The summed E-state index contributed by atoms with van der Waals surface area (Å²) < 4.78 is 11.0. The van der Waals surface area contributed by atoms with Crippen LogP contribution in [-0.2, 0) is 6.61 Å². The van der Waals surface area contributed by atoms with E-state index < -0.39 is 0 Å². The second-order valence-corrected chi connectivity index (χ2v) is 3.45. The molecule has 0 unspecified atom stereocenters. The van der Waals surface area contributed by atoms with Gasteiger partial charge in [0.2, 0.25) is 0 Å². The standard InChI is InChI=1S/C13H17NO3/c1-2-16-12-7-5-6-11(10-15)13(12)17-9-4-3-8-14/h5-7,15H,2-4,9-10H2,1H3. The van der Waals surface area contributed by atoms with E-state index in [0.29, 0.717) is 43.1 Å². The van der Waals surface area contributed by atoms with Crippen LogP contribution in [0.25, 0.3) is 0 Å². The zero-order valence-electron chi connectivity index (χ0n) is 9.98. The molecular weight excluding hydrogens is 218 g/mol. The number of hydrogen-bond acceptors (Lipinski definition) is 4. The van der Waals surface area contributed by atoms with Gasteiger partial charge in [0.1, 0.15) is 0 Å². The summed E-state index contributed by atoms with van der Waals surface area (Å²) in [6, 6.07) is 7.48. The molecular formula is C13H17NO3. The highest BCUT2D eigenvalue weighted by molar-refractivity contribution is 5.46. The summed E-state index contributed by atoms with van der Waals surface area (Å²) in [7, 11) is 0. The normalized spacial score (nSPS) is 9.71. The molecule has 0 fully saturated rings. The van der Waals surface area contributed by atoms with Crippen molar-refractivity contribution in [2.45, 2.75) is 26.4 Å². The minimum absolute atomic E-state index is 0.0888. The molecule has 1 aromatic carbocycles. The lowest BCUT2D eigenvalue weighted by Crippen LogP contribution is -2.03. The lowest BCUT2D eigenvalue weighted by atomic mass is 10.2. The first kappa shape index (κ1) is 13.3. The van der Waals surface area contributed by atoms with Gasteiger partial charge in [0.25, 0.3) is 0 Å². The Balaban J connectivity index is 2.74. The van der Waals surface area contributed by atoms with Gasteiger partial charge in [-0.3, -0.25) is 0 Å². The van der Waals surface area contributed by atoms with Crippen molar-refractivity contribution < 1.29 is 14.6 Å². The van der Waals surface area contributed by atoms with E-state index in [9.17, 15) is 5.11 Å². The van der Waals surface area contributed by atoms with E-state index >= 15 is 0 Å². The third-order valence-corrected chi connectivity index (χ3v) is 2.21. The molecule has 0 radical (unpaired) electrons. The Morgan fingerprint density at radius 3 is 2.82 bits per heavy atom. The SMILES string of the molecule is CCOc1cccc(CO)c1OCCCC#N. The molecule has 0 atom stereocenters. The summed E-state index contributed by atoms with van der Waals surface area (Å²) >= 11 is 0. The van der Waals surface area contributed by atoms with Gasteiger partial charge in [-0.05, 0) is 19.4 Å². The van der Waals surface area contributed by atoms with E-state index in [1.807, 2.05) is 19.1 Å². The molecule has 4 heteroatoms. The summed E-state index contributed by atoms with van der Waals surface area (Å²) in [5.74, 6) is 1.21. The van der Waals surface area contributed by atoms with Gasteiger partial charge >= 0.3 is 0 Å². The van der Waals surface area contributed by atoms with Gasteiger partial charge in [-0.15, -0.1) is 0 Å². The Morgan fingerprint density at radius 2 is 2.18 bits per heavy atom. The second-order valence-electron chi connectivity index (χ2n) is 3.45. The molecule has 0 bridgehead atoms. The molecule has 4 nitrogen and oxygen atoms in total. The maximum absolute atomic E-state index is 9.23. The van der Waals surface area contributed by atoms with Gasteiger partial charge in [0.15, 0.2) is 11.5 Å². The smallest absolute Gasteiger partial charge is 0.166 e. The van der Waals surface area contributed by atoms with Crippen LogP contribution in [0.1, 0.15) is 25.3 Å². The molecule has 0 saturated carbocycles. The highest BCUT2D eigenvalue weighted by atomic mass is 16.5. The second kappa shape index (κ2) is 7.53. The van der Waals surface area contributed by atoms with Crippen LogP contribution in [0.3, 0.4) is 0 Å². The average Bonchev–Trinajstić information content (AvgIpc) is 2.36. The summed E-state index contributed by atoms with van der Waals surface area (Å²) in [6.07, 6.45) is 1.13. The molecule has 0 spiro atoms. The van der Waals surface area contributed by atoms with E-state index in [1.165, 1.54) is 0 Å². The third kappa shape index (κ3) is 3.97. The van der Waals surface area contributed by atoms with Crippen LogP contribution in [0.2, 0.25) is 0 Å². The summed E-state index contributed by atoms with van der Waals surface area (Å²) in [5.41, 5.74) is 0.702. The molecule has 1 aromatic rings. The van der Waals surface area contributed by atoms with Crippen LogP contribution >= 0.6 is 0 Å². The van der Waals surface area contributed by atoms with E-state index in [4.69, 9.17) is 14.7 Å². The summed E-state index contributed by atoms with van der Waals surface area (Å²) in [6.45, 7) is 2.80. The zero-order valence-corrected chi connectivity index (χ0v) is 9.98. The highest BCUT2D eigenvalue weighted by Crippen LogP contribution is 2.31. The number of nitriles is 1. The van der Waals surface area contributed by atoms with E-state index in [2.05, 4.69) is 6.07 Å². The van der Waals surface area contributed by atoms with Crippen molar-refractivity contribution in [2.75, 3.05) is 13.2 Å². The number of benzene rings is 1. The Hall–Kier alpha value is -1.73. The number of para-hydroxylation sites is 1. The Labute approximate surface area is 101 Å². The fourth-order valence-electron chi connectivity index (χ4n) is 1.44. The highest BCUT2D eigenvalue weighted by Gasteiger charge is 2.09. The molecule has 1 rings (SSSR count). The van der Waals surface area contributed by atoms with Crippen LogP contribution in [-0.4, -0.2) is 18.3 Å². The average molecular weight is 235 g/mol. The van der Waals surface area contributed by atoms with Crippen molar-refractivity contribution in [3.63, 3.8) is 0 Å². The van der Waals surface area contributed by atoms with Crippen LogP contribution in [0.4, 0.5) is 0 Å². The third-order valence-electron chi connectivity index (χ3n) is 2.21. The Morgan fingerprint density at radius 1 is 1.35 bits per heavy atom. The maximum atomic E-state index is 9.23. The molecule has 0 aliphatic carbocycles. The number of nitrogens with zero attached hydrogens (tertiary/aromatic N) is 1. The fraction of sp³-hybridized carbons (Fsp3) is 0.462. The molecule has 0 aliphatic heterocycles. The van der Waals surface area contributed by atoms with Gasteiger partial charge in [-0.2, -0.15) is 5.26 Å². The molecule has 92 valence electrons. The van der Waals surface area contributed by atoms with Crippen LogP contribution < -0.4 is 9.47 Å². The molecule has 1 N–H and O–H groups in total. The maximum Gasteiger partial charge on any atom is 0.166 e. The van der Waals surface area contributed by atoms with Crippen molar-refractivity contribution >= 4 is 0 Å².